The molecular weight excluding hydrogens is 210 g/mol. The maximum absolute atomic E-state index is 4.98. The number of aromatic nitrogens is 1. The molecule has 1 aliphatic rings. The molecular formula is C10H15N3OS. The highest BCUT2D eigenvalue weighted by atomic mass is 32.2. The Kier molecular flexibility index (Phi) is 3.30. The second-order valence-corrected chi connectivity index (χ2v) is 4.62. The van der Waals surface area contributed by atoms with E-state index < -0.39 is 0 Å². The maximum Gasteiger partial charge on any atom is 0.157 e. The van der Waals surface area contributed by atoms with Crippen LogP contribution in [-0.4, -0.2) is 22.1 Å². The molecule has 0 amide bonds. The molecule has 1 aromatic heterocycles. The summed E-state index contributed by atoms with van der Waals surface area (Å²) in [5, 5.41) is 8.30. The predicted octanol–water partition coefficient (Wildman–Crippen LogP) is 1.95. The predicted molar refractivity (Wildman–Crippen MR) is 62.1 cm³/mol. The monoisotopic (exact) mass is 225 g/mol. The minimum Gasteiger partial charge on any atom is -0.361 e. The topological polar surface area (TPSA) is 50.4 Å². The van der Waals surface area contributed by atoms with Gasteiger partial charge in [0.25, 0.3) is 0 Å². The zero-order valence-corrected chi connectivity index (χ0v) is 9.80. The van der Waals surface area contributed by atoms with Crippen LogP contribution in [0.1, 0.15) is 24.8 Å². The number of aryl methyl sites for hydroxylation is 1. The highest BCUT2D eigenvalue weighted by Crippen LogP contribution is 2.16. The molecule has 4 nitrogen and oxygen atoms in total. The first kappa shape index (κ1) is 10.5. The quantitative estimate of drug-likeness (QED) is 0.854. The van der Waals surface area contributed by atoms with Gasteiger partial charge in [-0.25, -0.2) is 0 Å². The van der Waals surface area contributed by atoms with Crippen molar-refractivity contribution in [1.82, 2.24) is 10.5 Å². The van der Waals surface area contributed by atoms with Gasteiger partial charge >= 0.3 is 0 Å². The fraction of sp³-hybridized carbons (Fsp3) is 0.600. The van der Waals surface area contributed by atoms with Crippen molar-refractivity contribution in [1.29, 1.82) is 0 Å². The van der Waals surface area contributed by atoms with Crippen LogP contribution in [0.3, 0.4) is 0 Å². The van der Waals surface area contributed by atoms with E-state index in [4.69, 9.17) is 4.52 Å². The molecule has 82 valence electrons. The van der Waals surface area contributed by atoms with Crippen molar-refractivity contribution in [2.24, 2.45) is 4.99 Å². The van der Waals surface area contributed by atoms with E-state index in [-0.39, 0.29) is 0 Å². The lowest BCUT2D eigenvalue weighted by molar-refractivity contribution is 0.391. The van der Waals surface area contributed by atoms with E-state index in [0.717, 1.165) is 28.8 Å². The summed E-state index contributed by atoms with van der Waals surface area (Å²) in [5.41, 5.74) is 0.891. The van der Waals surface area contributed by atoms with Gasteiger partial charge in [-0.2, -0.15) is 0 Å². The zero-order chi connectivity index (χ0) is 10.7. The van der Waals surface area contributed by atoms with Crippen molar-refractivity contribution in [2.45, 2.75) is 32.9 Å². The fourth-order valence-electron chi connectivity index (χ4n) is 1.39. The van der Waals surface area contributed by atoms with Gasteiger partial charge in [-0.3, -0.25) is 4.99 Å². The maximum atomic E-state index is 4.98. The molecule has 1 N–H and O–H groups in total. The van der Waals surface area contributed by atoms with Gasteiger partial charge in [0.05, 0.1) is 6.54 Å². The molecule has 2 heterocycles. The summed E-state index contributed by atoms with van der Waals surface area (Å²) in [6.07, 6.45) is 1.15. The zero-order valence-electron chi connectivity index (χ0n) is 8.99. The Labute approximate surface area is 93.5 Å². The van der Waals surface area contributed by atoms with Crippen LogP contribution in [0.4, 0.5) is 0 Å². The van der Waals surface area contributed by atoms with Crippen LogP contribution in [0.25, 0.3) is 0 Å². The molecule has 0 saturated carbocycles. The summed E-state index contributed by atoms with van der Waals surface area (Å²) in [4.78, 5) is 4.45. The molecule has 0 aromatic carbocycles. The third kappa shape index (κ3) is 2.75. The SMILES string of the molecule is CCC1CSC(=NCc2cc(C)on2)N1. The number of thioether (sulfide) groups is 1. The van der Waals surface area contributed by atoms with Crippen molar-refractivity contribution in [3.05, 3.63) is 17.5 Å². The Morgan fingerprint density at radius 3 is 3.20 bits per heavy atom. The summed E-state index contributed by atoms with van der Waals surface area (Å²) in [7, 11) is 0. The van der Waals surface area contributed by atoms with E-state index in [1.165, 1.54) is 0 Å². The van der Waals surface area contributed by atoms with Crippen molar-refractivity contribution < 1.29 is 4.52 Å². The second kappa shape index (κ2) is 4.70. The van der Waals surface area contributed by atoms with E-state index in [2.05, 4.69) is 22.4 Å². The lowest BCUT2D eigenvalue weighted by Gasteiger charge is -2.03. The number of aliphatic imine (C=N–C) groups is 1. The number of amidine groups is 1. The first-order chi connectivity index (χ1) is 7.28. The van der Waals surface area contributed by atoms with Crippen molar-refractivity contribution in [3.8, 4) is 0 Å². The van der Waals surface area contributed by atoms with Gasteiger partial charge < -0.3 is 9.84 Å². The molecule has 1 aliphatic heterocycles. The average Bonchev–Trinajstić information content (AvgIpc) is 2.83. The minimum absolute atomic E-state index is 0.577. The molecule has 1 aromatic rings. The van der Waals surface area contributed by atoms with Gasteiger partial charge in [0.2, 0.25) is 0 Å². The molecule has 1 atom stereocenters. The van der Waals surface area contributed by atoms with Crippen LogP contribution in [-0.2, 0) is 6.54 Å². The molecule has 0 spiro atoms. The number of hydrogen-bond acceptors (Lipinski definition) is 4. The smallest absolute Gasteiger partial charge is 0.157 e. The van der Waals surface area contributed by atoms with Crippen LogP contribution in [0.2, 0.25) is 0 Å². The summed E-state index contributed by atoms with van der Waals surface area (Å²) < 4.78 is 4.98. The Hall–Kier alpha value is -0.970. The highest BCUT2D eigenvalue weighted by Gasteiger charge is 2.17. The first-order valence-corrected chi connectivity index (χ1v) is 6.12. The third-order valence-electron chi connectivity index (χ3n) is 2.30. The van der Waals surface area contributed by atoms with E-state index in [9.17, 15) is 0 Å². The van der Waals surface area contributed by atoms with Gasteiger partial charge in [-0.15, -0.1) is 0 Å². The molecule has 0 bridgehead atoms. The molecule has 5 heteroatoms. The van der Waals surface area contributed by atoms with E-state index in [1.54, 1.807) is 11.8 Å². The van der Waals surface area contributed by atoms with Crippen molar-refractivity contribution in [3.63, 3.8) is 0 Å². The normalized spacial score (nSPS) is 23.3. The standard InChI is InChI=1S/C10H15N3OS/c1-3-8-6-15-10(12-8)11-5-9-4-7(2)14-13-9/h4,8H,3,5-6H2,1-2H3,(H,11,12). The van der Waals surface area contributed by atoms with E-state index in [0.29, 0.717) is 12.6 Å². The van der Waals surface area contributed by atoms with Gasteiger partial charge in [0.1, 0.15) is 11.5 Å². The number of nitrogens with zero attached hydrogens (tertiary/aromatic N) is 2. The molecule has 0 aliphatic carbocycles. The average molecular weight is 225 g/mol. The summed E-state index contributed by atoms with van der Waals surface area (Å²) in [6.45, 7) is 4.67. The number of rotatable bonds is 3. The van der Waals surface area contributed by atoms with E-state index >= 15 is 0 Å². The summed E-state index contributed by atoms with van der Waals surface area (Å²) in [6, 6.07) is 2.49. The van der Waals surface area contributed by atoms with Gasteiger partial charge in [-0.1, -0.05) is 23.8 Å². The molecule has 1 unspecified atom stereocenters. The van der Waals surface area contributed by atoms with Crippen LogP contribution >= 0.6 is 11.8 Å². The number of hydrogen-bond donors (Lipinski definition) is 1. The molecule has 1 saturated heterocycles. The van der Waals surface area contributed by atoms with Gasteiger partial charge in [0.15, 0.2) is 5.17 Å². The fourth-order valence-corrected chi connectivity index (χ4v) is 2.48. The first-order valence-electron chi connectivity index (χ1n) is 5.14. The largest absolute Gasteiger partial charge is 0.361 e. The van der Waals surface area contributed by atoms with Gasteiger partial charge in [-0.05, 0) is 13.3 Å². The van der Waals surface area contributed by atoms with E-state index in [1.807, 2.05) is 13.0 Å². The van der Waals surface area contributed by atoms with Gasteiger partial charge in [0, 0.05) is 17.9 Å². The van der Waals surface area contributed by atoms with Crippen LogP contribution in [0, 0.1) is 6.92 Å². The summed E-state index contributed by atoms with van der Waals surface area (Å²) >= 11 is 1.78. The second-order valence-electron chi connectivity index (χ2n) is 3.61. The van der Waals surface area contributed by atoms with Crippen LogP contribution in [0.5, 0.6) is 0 Å². The van der Waals surface area contributed by atoms with Crippen LogP contribution < -0.4 is 5.32 Å². The Morgan fingerprint density at radius 1 is 1.73 bits per heavy atom. The lowest BCUT2D eigenvalue weighted by atomic mass is 10.3. The lowest BCUT2D eigenvalue weighted by Crippen LogP contribution is -2.25. The minimum atomic E-state index is 0.577. The number of nitrogens with one attached hydrogen (secondary N) is 1. The summed E-state index contributed by atoms with van der Waals surface area (Å²) in [5.74, 6) is 1.95. The Balaban J connectivity index is 1.89. The Morgan fingerprint density at radius 2 is 2.60 bits per heavy atom. The third-order valence-corrected chi connectivity index (χ3v) is 3.39. The van der Waals surface area contributed by atoms with Crippen molar-refractivity contribution >= 4 is 16.9 Å². The molecule has 0 radical (unpaired) electrons. The molecule has 1 fully saturated rings. The Bertz CT molecular complexity index is 361. The molecule has 2 rings (SSSR count). The van der Waals surface area contributed by atoms with Crippen LogP contribution in [0.15, 0.2) is 15.6 Å². The van der Waals surface area contributed by atoms with Crippen molar-refractivity contribution in [2.75, 3.05) is 5.75 Å². The molecule has 15 heavy (non-hydrogen) atoms. The highest BCUT2D eigenvalue weighted by molar-refractivity contribution is 8.14.